The third kappa shape index (κ3) is 1.88. The summed E-state index contributed by atoms with van der Waals surface area (Å²) in [5.41, 5.74) is 7.89. The highest BCUT2D eigenvalue weighted by atomic mass is 16.3. The Morgan fingerprint density at radius 2 is 2.30 bits per heavy atom. The molecule has 7 nitrogen and oxygen atoms in total. The molecule has 2 aliphatic heterocycles. The number of hydrazine groups is 2. The third-order valence-corrected chi connectivity index (χ3v) is 3.25. The molecule has 2 aliphatic rings. The number of aliphatic hydroxyl groups excluding tert-OH is 1. The van der Waals surface area contributed by atoms with Gasteiger partial charge in [0.2, 0.25) is 5.91 Å². The van der Waals surface area contributed by atoms with Crippen LogP contribution >= 0.6 is 0 Å². The Labute approximate surface area is 115 Å². The van der Waals surface area contributed by atoms with Gasteiger partial charge in [-0.1, -0.05) is 6.07 Å². The summed E-state index contributed by atoms with van der Waals surface area (Å²) < 4.78 is 0. The number of benzene rings is 1. The zero-order chi connectivity index (χ0) is 14.3. The second kappa shape index (κ2) is 4.53. The lowest BCUT2D eigenvalue weighted by atomic mass is 9.98. The number of amides is 2. The fourth-order valence-corrected chi connectivity index (χ4v) is 2.48. The molecule has 2 amide bonds. The van der Waals surface area contributed by atoms with E-state index in [4.69, 9.17) is 0 Å². The third-order valence-electron chi connectivity index (χ3n) is 3.25. The van der Waals surface area contributed by atoms with Crippen LogP contribution in [0.4, 0.5) is 5.69 Å². The zero-order valence-corrected chi connectivity index (χ0v) is 10.8. The van der Waals surface area contributed by atoms with E-state index in [1.165, 1.54) is 12.0 Å². The monoisotopic (exact) mass is 274 g/mol. The average molecular weight is 274 g/mol. The van der Waals surface area contributed by atoms with Gasteiger partial charge >= 0.3 is 0 Å². The first-order chi connectivity index (χ1) is 9.60. The summed E-state index contributed by atoms with van der Waals surface area (Å²) in [5.74, 6) is -0.623. The topological polar surface area (TPSA) is 93.7 Å². The van der Waals surface area contributed by atoms with Crippen LogP contribution in [0.5, 0.6) is 0 Å². The average Bonchev–Trinajstić information content (AvgIpc) is 2.68. The van der Waals surface area contributed by atoms with Crippen LogP contribution in [0.25, 0.3) is 5.57 Å². The minimum atomic E-state index is -0.317. The first-order valence-corrected chi connectivity index (χ1v) is 6.20. The van der Waals surface area contributed by atoms with Gasteiger partial charge in [0.05, 0.1) is 24.4 Å². The Morgan fingerprint density at radius 3 is 3.00 bits per heavy atom. The highest BCUT2D eigenvalue weighted by Gasteiger charge is 2.33. The maximum Gasteiger partial charge on any atom is 0.272 e. The van der Waals surface area contributed by atoms with Gasteiger partial charge in [-0.2, -0.15) is 5.12 Å². The van der Waals surface area contributed by atoms with Crippen LogP contribution in [-0.2, 0) is 4.79 Å². The molecular weight excluding hydrogens is 260 g/mol. The molecule has 3 rings (SSSR count). The summed E-state index contributed by atoms with van der Waals surface area (Å²) in [4.78, 5) is 23.4. The molecule has 0 spiro atoms. The van der Waals surface area contributed by atoms with Crippen LogP contribution in [0.2, 0.25) is 0 Å². The van der Waals surface area contributed by atoms with Crippen LogP contribution in [0.15, 0.2) is 24.4 Å². The fourth-order valence-electron chi connectivity index (χ4n) is 2.48. The van der Waals surface area contributed by atoms with Gasteiger partial charge in [-0.05, 0) is 12.1 Å². The van der Waals surface area contributed by atoms with E-state index in [1.54, 1.807) is 18.3 Å². The van der Waals surface area contributed by atoms with Crippen molar-refractivity contribution in [1.82, 2.24) is 16.0 Å². The summed E-state index contributed by atoms with van der Waals surface area (Å²) >= 11 is 0. The molecule has 1 unspecified atom stereocenters. The molecule has 104 valence electrons. The predicted octanol–water partition coefficient (Wildman–Crippen LogP) is -0.175. The quantitative estimate of drug-likeness (QED) is 0.600. The van der Waals surface area contributed by atoms with Gasteiger partial charge in [0.25, 0.3) is 5.91 Å². The molecule has 0 aromatic heterocycles. The van der Waals surface area contributed by atoms with Crippen molar-refractivity contribution in [3.63, 3.8) is 0 Å². The molecule has 0 saturated carbocycles. The van der Waals surface area contributed by atoms with Crippen LogP contribution < -0.4 is 16.2 Å². The minimum Gasteiger partial charge on any atom is -0.394 e. The van der Waals surface area contributed by atoms with Crippen LogP contribution in [0.1, 0.15) is 22.8 Å². The van der Waals surface area contributed by atoms with Gasteiger partial charge in [-0.25, -0.2) is 10.9 Å². The van der Waals surface area contributed by atoms with Crippen molar-refractivity contribution in [2.24, 2.45) is 0 Å². The first kappa shape index (κ1) is 12.5. The molecule has 0 aliphatic carbocycles. The summed E-state index contributed by atoms with van der Waals surface area (Å²) in [7, 11) is 0. The first-order valence-electron chi connectivity index (χ1n) is 6.20. The standard InChI is InChI=1S/C13H14N4O3/c1-7(19)15-17-5-9-11(6-18)14-10-4-2-3-8(12(9)10)13(20)16-17/h2-5,11,14,18H,6H2,1H3,(H,15,19)(H,16,20). The van der Waals surface area contributed by atoms with Crippen molar-refractivity contribution in [3.8, 4) is 0 Å². The molecule has 1 aromatic rings. The van der Waals surface area contributed by atoms with Crippen molar-refractivity contribution >= 4 is 23.1 Å². The number of carbonyl (C=O) groups is 2. The van der Waals surface area contributed by atoms with E-state index in [9.17, 15) is 14.7 Å². The molecule has 4 N–H and O–H groups in total. The summed E-state index contributed by atoms with van der Waals surface area (Å²) in [6.07, 6.45) is 1.61. The predicted molar refractivity (Wildman–Crippen MR) is 72.0 cm³/mol. The molecule has 0 fully saturated rings. The Morgan fingerprint density at radius 1 is 1.50 bits per heavy atom. The van der Waals surface area contributed by atoms with E-state index < -0.39 is 0 Å². The smallest absolute Gasteiger partial charge is 0.272 e. The van der Waals surface area contributed by atoms with Gasteiger partial charge < -0.3 is 10.4 Å². The van der Waals surface area contributed by atoms with Gasteiger partial charge in [-0.3, -0.25) is 9.59 Å². The van der Waals surface area contributed by atoms with Crippen molar-refractivity contribution in [1.29, 1.82) is 0 Å². The lowest BCUT2D eigenvalue weighted by molar-refractivity contribution is -0.123. The van der Waals surface area contributed by atoms with Gasteiger partial charge in [0, 0.05) is 23.7 Å². The van der Waals surface area contributed by atoms with E-state index in [-0.39, 0.29) is 24.5 Å². The Kier molecular flexibility index (Phi) is 2.83. The molecule has 2 heterocycles. The van der Waals surface area contributed by atoms with Crippen molar-refractivity contribution in [2.45, 2.75) is 13.0 Å². The van der Waals surface area contributed by atoms with E-state index >= 15 is 0 Å². The fraction of sp³-hybridized carbons (Fsp3) is 0.231. The number of hydrogen-bond acceptors (Lipinski definition) is 5. The minimum absolute atomic E-state index is 0.109. The molecule has 0 radical (unpaired) electrons. The van der Waals surface area contributed by atoms with E-state index in [0.29, 0.717) is 5.56 Å². The largest absolute Gasteiger partial charge is 0.394 e. The maximum atomic E-state index is 12.2. The molecule has 1 aromatic carbocycles. The molecule has 20 heavy (non-hydrogen) atoms. The number of aliphatic hydroxyl groups is 1. The Hall–Kier alpha value is -2.54. The number of anilines is 1. The molecular formula is C13H14N4O3. The number of hydrogen-bond donors (Lipinski definition) is 4. The number of carbonyl (C=O) groups excluding carboxylic acids is 2. The molecule has 7 heteroatoms. The van der Waals surface area contributed by atoms with Crippen molar-refractivity contribution in [2.75, 3.05) is 11.9 Å². The van der Waals surface area contributed by atoms with E-state index in [1.807, 2.05) is 6.07 Å². The second-order valence-corrected chi connectivity index (χ2v) is 4.67. The lowest BCUT2D eigenvalue weighted by Gasteiger charge is -2.21. The highest BCUT2D eigenvalue weighted by Crippen LogP contribution is 2.38. The molecule has 0 saturated heterocycles. The SMILES string of the molecule is CC(=O)NN1C=C2c3c(cccc3C(=O)N1)NC2CO. The van der Waals surface area contributed by atoms with Crippen LogP contribution in [0.3, 0.4) is 0 Å². The van der Waals surface area contributed by atoms with E-state index in [2.05, 4.69) is 16.2 Å². The number of nitrogens with one attached hydrogen (secondary N) is 3. The second-order valence-electron chi connectivity index (χ2n) is 4.67. The normalized spacial score (nSPS) is 19.5. The Balaban J connectivity index is 2.11. The molecule has 0 bridgehead atoms. The maximum absolute atomic E-state index is 12.2. The Bertz CT molecular complexity index is 626. The number of rotatable bonds is 2. The van der Waals surface area contributed by atoms with Gasteiger partial charge in [0.1, 0.15) is 0 Å². The molecule has 1 atom stereocenters. The van der Waals surface area contributed by atoms with Gasteiger partial charge in [0.15, 0.2) is 0 Å². The van der Waals surface area contributed by atoms with Crippen LogP contribution in [0, 0.1) is 0 Å². The summed E-state index contributed by atoms with van der Waals surface area (Å²) in [6, 6.07) is 5.02. The van der Waals surface area contributed by atoms with Gasteiger partial charge in [-0.15, -0.1) is 0 Å². The zero-order valence-electron chi connectivity index (χ0n) is 10.8. The summed E-state index contributed by atoms with van der Waals surface area (Å²) in [6.45, 7) is 1.24. The lowest BCUT2D eigenvalue weighted by Crippen LogP contribution is -2.48. The number of nitrogens with zero attached hydrogens (tertiary/aromatic N) is 1. The highest BCUT2D eigenvalue weighted by molar-refractivity contribution is 6.05. The van der Waals surface area contributed by atoms with Crippen LogP contribution in [-0.4, -0.2) is 34.7 Å². The van der Waals surface area contributed by atoms with E-state index in [0.717, 1.165) is 16.8 Å². The van der Waals surface area contributed by atoms with Crippen molar-refractivity contribution in [3.05, 3.63) is 35.5 Å². The summed E-state index contributed by atoms with van der Waals surface area (Å²) in [5, 5.41) is 13.8. The van der Waals surface area contributed by atoms with Crippen molar-refractivity contribution < 1.29 is 14.7 Å².